The molecule has 1 aliphatic heterocycles. The Labute approximate surface area is 163 Å². The van der Waals surface area contributed by atoms with Gasteiger partial charge in [0.25, 0.3) is 0 Å². The Morgan fingerprint density at radius 2 is 1.86 bits per heavy atom. The summed E-state index contributed by atoms with van der Waals surface area (Å²) in [6.07, 6.45) is 13.7. The van der Waals surface area contributed by atoms with Crippen molar-refractivity contribution in [2.75, 3.05) is 17.2 Å². The van der Waals surface area contributed by atoms with Crippen molar-refractivity contribution in [3.05, 3.63) is 31.1 Å². The number of rotatable bonds is 6. The van der Waals surface area contributed by atoms with Crippen molar-refractivity contribution in [1.82, 2.24) is 29.5 Å². The third-order valence-electron chi connectivity index (χ3n) is 5.50. The van der Waals surface area contributed by atoms with Gasteiger partial charge in [0.1, 0.15) is 12.6 Å². The lowest BCUT2D eigenvalue weighted by Crippen LogP contribution is -2.21. The Bertz CT molecular complexity index is 924. The van der Waals surface area contributed by atoms with Crippen LogP contribution in [-0.2, 0) is 4.74 Å². The van der Waals surface area contributed by atoms with Gasteiger partial charge in [0.15, 0.2) is 17.0 Å². The molecule has 0 spiro atoms. The SMILES string of the molecule is c1cnc(NCC2CCC(n3cnc4c(NC5CCCC5)ncnc43)O2)nc1. The van der Waals surface area contributed by atoms with Gasteiger partial charge in [0.2, 0.25) is 5.95 Å². The van der Waals surface area contributed by atoms with Crippen LogP contribution in [0.15, 0.2) is 31.1 Å². The third kappa shape index (κ3) is 3.49. The molecule has 0 radical (unpaired) electrons. The number of anilines is 2. The van der Waals surface area contributed by atoms with E-state index in [0.29, 0.717) is 18.5 Å². The van der Waals surface area contributed by atoms with E-state index in [1.54, 1.807) is 24.8 Å². The fourth-order valence-corrected chi connectivity index (χ4v) is 4.07. The van der Waals surface area contributed by atoms with E-state index in [2.05, 4.69) is 35.6 Å². The van der Waals surface area contributed by atoms with E-state index in [-0.39, 0.29) is 12.3 Å². The lowest BCUT2D eigenvalue weighted by molar-refractivity contribution is 0.0104. The number of hydrogen-bond acceptors (Lipinski definition) is 8. The highest BCUT2D eigenvalue weighted by molar-refractivity contribution is 5.82. The number of fused-ring (bicyclic) bond motifs is 1. The van der Waals surface area contributed by atoms with Crippen LogP contribution in [0.2, 0.25) is 0 Å². The van der Waals surface area contributed by atoms with Crippen LogP contribution >= 0.6 is 0 Å². The summed E-state index contributed by atoms with van der Waals surface area (Å²) in [5.74, 6) is 1.45. The molecule has 0 bridgehead atoms. The summed E-state index contributed by atoms with van der Waals surface area (Å²) in [6, 6.07) is 2.29. The second-order valence-electron chi connectivity index (χ2n) is 7.42. The van der Waals surface area contributed by atoms with Gasteiger partial charge in [0.05, 0.1) is 12.4 Å². The molecule has 3 aromatic heterocycles. The lowest BCUT2D eigenvalue weighted by Gasteiger charge is -2.16. The Kier molecular flexibility index (Phi) is 4.74. The molecule has 2 unspecified atom stereocenters. The minimum atomic E-state index is -0.0669. The van der Waals surface area contributed by atoms with Crippen molar-refractivity contribution in [2.45, 2.75) is 56.9 Å². The van der Waals surface area contributed by atoms with Crippen molar-refractivity contribution in [3.63, 3.8) is 0 Å². The maximum atomic E-state index is 6.23. The molecule has 9 nitrogen and oxygen atoms in total. The summed E-state index contributed by atoms with van der Waals surface area (Å²) in [5.41, 5.74) is 1.64. The first-order valence-corrected chi connectivity index (χ1v) is 9.97. The van der Waals surface area contributed by atoms with E-state index in [0.717, 1.165) is 29.8 Å². The molecule has 2 atom stereocenters. The smallest absolute Gasteiger partial charge is 0.222 e. The third-order valence-corrected chi connectivity index (χ3v) is 5.50. The zero-order chi connectivity index (χ0) is 18.8. The second-order valence-corrected chi connectivity index (χ2v) is 7.42. The summed E-state index contributed by atoms with van der Waals surface area (Å²) in [7, 11) is 0. The van der Waals surface area contributed by atoms with Crippen LogP contribution < -0.4 is 10.6 Å². The van der Waals surface area contributed by atoms with Gasteiger partial charge >= 0.3 is 0 Å². The molecular formula is C19H24N8O. The van der Waals surface area contributed by atoms with Crippen molar-refractivity contribution < 1.29 is 4.74 Å². The maximum Gasteiger partial charge on any atom is 0.222 e. The highest BCUT2D eigenvalue weighted by Crippen LogP contribution is 2.32. The van der Waals surface area contributed by atoms with Gasteiger partial charge in [-0.15, -0.1) is 0 Å². The Hall–Kier alpha value is -2.81. The van der Waals surface area contributed by atoms with Crippen molar-refractivity contribution in [3.8, 4) is 0 Å². The topological polar surface area (TPSA) is 103 Å². The molecule has 3 aromatic rings. The van der Waals surface area contributed by atoms with Crippen LogP contribution in [0.1, 0.15) is 44.8 Å². The van der Waals surface area contributed by atoms with E-state index >= 15 is 0 Å². The van der Waals surface area contributed by atoms with Crippen LogP contribution in [0.5, 0.6) is 0 Å². The fraction of sp³-hybridized carbons (Fsp3) is 0.526. The first-order chi connectivity index (χ1) is 13.9. The fourth-order valence-electron chi connectivity index (χ4n) is 4.07. The highest BCUT2D eigenvalue weighted by Gasteiger charge is 2.28. The normalized spacial score (nSPS) is 22.7. The summed E-state index contributed by atoms with van der Waals surface area (Å²) in [4.78, 5) is 21.9. The first kappa shape index (κ1) is 17.3. The zero-order valence-electron chi connectivity index (χ0n) is 15.7. The Morgan fingerprint density at radius 1 is 1.00 bits per heavy atom. The molecule has 0 amide bonds. The van der Waals surface area contributed by atoms with Gasteiger partial charge in [-0.05, 0) is 31.7 Å². The molecule has 5 rings (SSSR count). The largest absolute Gasteiger partial charge is 0.365 e. The van der Waals surface area contributed by atoms with Crippen molar-refractivity contribution in [2.24, 2.45) is 0 Å². The standard InChI is InChI=1S/C19H24N8O/c1-2-5-13(4-1)26-17-16-18(24-11-23-17)27(12-25-16)15-7-6-14(28-15)10-22-19-20-8-3-9-21-19/h3,8-9,11-15H,1-2,4-7,10H2,(H,20,21,22)(H,23,24,26). The van der Waals surface area contributed by atoms with E-state index < -0.39 is 0 Å². The van der Waals surface area contributed by atoms with Crippen LogP contribution in [0.4, 0.5) is 11.8 Å². The molecule has 2 aliphatic rings. The summed E-state index contributed by atoms with van der Waals surface area (Å²) < 4.78 is 8.26. The van der Waals surface area contributed by atoms with E-state index in [9.17, 15) is 0 Å². The van der Waals surface area contributed by atoms with Crippen LogP contribution in [0.3, 0.4) is 0 Å². The predicted molar refractivity (Wildman–Crippen MR) is 105 cm³/mol. The van der Waals surface area contributed by atoms with E-state index in [1.807, 2.05) is 10.9 Å². The van der Waals surface area contributed by atoms with Gasteiger partial charge in [-0.3, -0.25) is 4.57 Å². The molecule has 146 valence electrons. The number of ether oxygens (including phenoxy) is 1. The average molecular weight is 380 g/mol. The zero-order valence-corrected chi connectivity index (χ0v) is 15.7. The van der Waals surface area contributed by atoms with Crippen LogP contribution in [-0.4, -0.2) is 48.2 Å². The van der Waals surface area contributed by atoms with Gasteiger partial charge in [0, 0.05) is 25.0 Å². The Balaban J connectivity index is 1.27. The average Bonchev–Trinajstić information content (AvgIpc) is 3.48. The molecule has 9 heteroatoms. The number of nitrogens with zero attached hydrogens (tertiary/aromatic N) is 6. The molecule has 2 N–H and O–H groups in total. The minimum absolute atomic E-state index is 0.0669. The van der Waals surface area contributed by atoms with Gasteiger partial charge in [-0.2, -0.15) is 0 Å². The number of aromatic nitrogens is 6. The number of imidazole rings is 1. The summed E-state index contributed by atoms with van der Waals surface area (Å²) in [5, 5.41) is 6.77. The molecule has 2 fully saturated rings. The number of nitrogens with one attached hydrogen (secondary N) is 2. The van der Waals surface area contributed by atoms with E-state index in [1.165, 1.54) is 25.7 Å². The monoisotopic (exact) mass is 380 g/mol. The molecule has 1 saturated carbocycles. The van der Waals surface area contributed by atoms with Gasteiger partial charge in [-0.1, -0.05) is 12.8 Å². The lowest BCUT2D eigenvalue weighted by atomic mass is 10.2. The molecule has 0 aromatic carbocycles. The molecular weight excluding hydrogens is 356 g/mol. The quantitative estimate of drug-likeness (QED) is 0.673. The number of hydrogen-bond donors (Lipinski definition) is 2. The van der Waals surface area contributed by atoms with Crippen molar-refractivity contribution in [1.29, 1.82) is 0 Å². The molecule has 1 saturated heterocycles. The minimum Gasteiger partial charge on any atom is -0.365 e. The van der Waals surface area contributed by atoms with Crippen molar-refractivity contribution >= 4 is 22.9 Å². The second kappa shape index (κ2) is 7.67. The first-order valence-electron chi connectivity index (χ1n) is 9.97. The summed E-state index contributed by atoms with van der Waals surface area (Å²) >= 11 is 0. The maximum absolute atomic E-state index is 6.23. The molecule has 28 heavy (non-hydrogen) atoms. The van der Waals surface area contributed by atoms with Crippen LogP contribution in [0, 0.1) is 0 Å². The Morgan fingerprint density at radius 3 is 2.71 bits per heavy atom. The molecule has 4 heterocycles. The highest BCUT2D eigenvalue weighted by atomic mass is 16.5. The summed E-state index contributed by atoms with van der Waals surface area (Å²) in [6.45, 7) is 0.677. The molecule has 1 aliphatic carbocycles. The van der Waals surface area contributed by atoms with Crippen LogP contribution in [0.25, 0.3) is 11.2 Å². The van der Waals surface area contributed by atoms with E-state index in [4.69, 9.17) is 4.74 Å². The van der Waals surface area contributed by atoms with Gasteiger partial charge in [-0.25, -0.2) is 24.9 Å². The van der Waals surface area contributed by atoms with Gasteiger partial charge < -0.3 is 15.4 Å². The predicted octanol–water partition coefficient (Wildman–Crippen LogP) is 2.76.